The number of amides is 1. The van der Waals surface area contributed by atoms with E-state index in [9.17, 15) is 9.90 Å². The summed E-state index contributed by atoms with van der Waals surface area (Å²) in [4.78, 5) is 14.5. The molecule has 0 unspecified atom stereocenters. The number of hydrogen-bond donors (Lipinski definition) is 1. The highest BCUT2D eigenvalue weighted by Gasteiger charge is 2.24. The molecule has 1 aromatic carbocycles. The topological polar surface area (TPSA) is 75.8 Å². The molecule has 2 rings (SSSR count). The molecule has 0 saturated heterocycles. The van der Waals surface area contributed by atoms with Crippen molar-refractivity contribution >= 4 is 5.91 Å². The number of ether oxygens (including phenoxy) is 1. The molecule has 25 heavy (non-hydrogen) atoms. The van der Waals surface area contributed by atoms with Gasteiger partial charge in [0.25, 0.3) is 5.91 Å². The van der Waals surface area contributed by atoms with E-state index in [0.29, 0.717) is 23.6 Å². The molecule has 1 aromatic heterocycles. The van der Waals surface area contributed by atoms with E-state index in [4.69, 9.17) is 9.26 Å². The van der Waals surface area contributed by atoms with E-state index >= 15 is 0 Å². The van der Waals surface area contributed by atoms with Crippen LogP contribution in [0.5, 0.6) is 5.75 Å². The van der Waals surface area contributed by atoms with Gasteiger partial charge in [-0.15, -0.1) is 0 Å². The lowest BCUT2D eigenvalue weighted by Crippen LogP contribution is -2.42. The van der Waals surface area contributed by atoms with Crippen molar-refractivity contribution < 1.29 is 19.2 Å². The summed E-state index contributed by atoms with van der Waals surface area (Å²) in [5, 5.41) is 13.9. The van der Waals surface area contributed by atoms with Crippen molar-refractivity contribution in [2.45, 2.75) is 46.8 Å². The van der Waals surface area contributed by atoms with Gasteiger partial charge in [0.2, 0.25) is 0 Å². The lowest BCUT2D eigenvalue weighted by atomic mass is 10.1. The van der Waals surface area contributed by atoms with Crippen LogP contribution < -0.4 is 4.74 Å². The highest BCUT2D eigenvalue weighted by Crippen LogP contribution is 2.23. The number of para-hydroxylation sites is 1. The molecule has 1 heterocycles. The van der Waals surface area contributed by atoms with Crippen molar-refractivity contribution in [1.82, 2.24) is 10.1 Å². The van der Waals surface area contributed by atoms with E-state index in [-0.39, 0.29) is 19.1 Å². The summed E-state index contributed by atoms with van der Waals surface area (Å²) < 4.78 is 11.0. The molecule has 0 aliphatic heterocycles. The summed E-state index contributed by atoms with van der Waals surface area (Å²) in [5.74, 6) is 1.04. The number of rotatable bonds is 7. The van der Waals surface area contributed by atoms with Gasteiger partial charge in [-0.25, -0.2) is 0 Å². The van der Waals surface area contributed by atoms with Crippen LogP contribution >= 0.6 is 0 Å². The zero-order valence-corrected chi connectivity index (χ0v) is 15.5. The van der Waals surface area contributed by atoms with Crippen molar-refractivity contribution in [1.29, 1.82) is 0 Å². The van der Waals surface area contributed by atoms with Gasteiger partial charge in [0.05, 0.1) is 22.4 Å². The molecule has 0 aliphatic carbocycles. The van der Waals surface area contributed by atoms with Crippen molar-refractivity contribution in [3.05, 3.63) is 46.8 Å². The monoisotopic (exact) mass is 346 g/mol. The summed E-state index contributed by atoms with van der Waals surface area (Å²) in [6.07, 6.45) is 0. The van der Waals surface area contributed by atoms with E-state index in [1.807, 2.05) is 26.8 Å². The van der Waals surface area contributed by atoms with Crippen LogP contribution in [0.2, 0.25) is 0 Å². The Morgan fingerprint density at radius 1 is 1.32 bits per heavy atom. The summed E-state index contributed by atoms with van der Waals surface area (Å²) in [7, 11) is 0. The first-order valence-corrected chi connectivity index (χ1v) is 8.38. The molecule has 0 saturated carbocycles. The van der Waals surface area contributed by atoms with Gasteiger partial charge in [-0.3, -0.25) is 4.79 Å². The second-order valence-electron chi connectivity index (χ2n) is 6.72. The number of nitrogens with zero attached hydrogens (tertiary/aromatic N) is 2. The smallest absolute Gasteiger partial charge is 0.257 e. The van der Waals surface area contributed by atoms with E-state index in [0.717, 1.165) is 11.3 Å². The Bertz CT molecular complexity index is 712. The van der Waals surface area contributed by atoms with Crippen LogP contribution in [0.25, 0.3) is 0 Å². The predicted molar refractivity (Wildman–Crippen MR) is 94.6 cm³/mol. The van der Waals surface area contributed by atoms with Crippen LogP contribution in [0, 0.1) is 13.8 Å². The quantitative estimate of drug-likeness (QED) is 0.834. The molecular weight excluding hydrogens is 320 g/mol. The van der Waals surface area contributed by atoms with E-state index in [1.165, 1.54) is 0 Å². The Labute approximate surface area is 148 Å². The number of carbonyl (C=O) groups is 1. The van der Waals surface area contributed by atoms with Crippen LogP contribution in [0.15, 0.2) is 28.8 Å². The van der Waals surface area contributed by atoms with Crippen LogP contribution in [-0.4, -0.2) is 39.8 Å². The Morgan fingerprint density at radius 2 is 2.00 bits per heavy atom. The molecule has 0 radical (unpaired) electrons. The van der Waals surface area contributed by atoms with Gasteiger partial charge in [0.1, 0.15) is 18.1 Å². The summed E-state index contributed by atoms with van der Waals surface area (Å²) in [5.41, 5.74) is 1.17. The molecule has 6 heteroatoms. The van der Waals surface area contributed by atoms with Gasteiger partial charge >= 0.3 is 0 Å². The van der Waals surface area contributed by atoms with E-state index < -0.39 is 5.60 Å². The first kappa shape index (κ1) is 19.0. The number of aliphatic hydroxyl groups is 1. The van der Waals surface area contributed by atoms with Gasteiger partial charge in [-0.1, -0.05) is 17.3 Å². The number of likely N-dealkylation sites (N-methyl/N-ethyl adjacent to an activating group) is 1. The standard InChI is InChI=1S/C19H26N2O4/c1-6-21(12-19(4,5)23)18(22)15-9-7-8-10-17(15)24-11-16-13(2)20-25-14(16)3/h7-10,23H,6,11-12H2,1-5H3. The molecule has 0 bridgehead atoms. The predicted octanol–water partition coefficient (Wildman–Crippen LogP) is 3.10. The minimum absolute atomic E-state index is 0.168. The summed E-state index contributed by atoms with van der Waals surface area (Å²) in [6, 6.07) is 7.13. The summed E-state index contributed by atoms with van der Waals surface area (Å²) >= 11 is 0. The highest BCUT2D eigenvalue weighted by atomic mass is 16.5. The van der Waals surface area contributed by atoms with Crippen molar-refractivity contribution in [2.24, 2.45) is 0 Å². The third kappa shape index (κ3) is 4.82. The lowest BCUT2D eigenvalue weighted by Gasteiger charge is -2.28. The molecule has 136 valence electrons. The average Bonchev–Trinajstić information content (AvgIpc) is 2.88. The molecule has 2 aromatic rings. The Morgan fingerprint density at radius 3 is 2.56 bits per heavy atom. The molecular formula is C19H26N2O4. The fourth-order valence-electron chi connectivity index (χ4n) is 2.59. The molecule has 0 atom stereocenters. The maximum absolute atomic E-state index is 12.9. The average molecular weight is 346 g/mol. The van der Waals surface area contributed by atoms with Gasteiger partial charge in [0, 0.05) is 13.1 Å². The zero-order valence-electron chi connectivity index (χ0n) is 15.5. The first-order chi connectivity index (χ1) is 11.7. The van der Waals surface area contributed by atoms with Crippen LogP contribution in [0.3, 0.4) is 0 Å². The molecule has 1 N–H and O–H groups in total. The molecule has 6 nitrogen and oxygen atoms in total. The molecule has 0 spiro atoms. The van der Waals surface area contributed by atoms with Gasteiger partial charge in [-0.05, 0) is 46.8 Å². The third-order valence-corrected chi connectivity index (χ3v) is 3.92. The van der Waals surface area contributed by atoms with Crippen LogP contribution in [0.1, 0.15) is 48.1 Å². The zero-order chi connectivity index (χ0) is 18.6. The maximum atomic E-state index is 12.9. The lowest BCUT2D eigenvalue weighted by molar-refractivity contribution is 0.0312. The summed E-state index contributed by atoms with van der Waals surface area (Å²) in [6.45, 7) is 9.97. The number of aromatic nitrogens is 1. The minimum atomic E-state index is -0.960. The Kier molecular flexibility index (Phi) is 5.85. The van der Waals surface area contributed by atoms with Crippen LogP contribution in [-0.2, 0) is 6.61 Å². The number of benzene rings is 1. The number of aryl methyl sites for hydroxylation is 2. The van der Waals surface area contributed by atoms with Crippen molar-refractivity contribution in [2.75, 3.05) is 13.1 Å². The highest BCUT2D eigenvalue weighted by molar-refractivity contribution is 5.97. The SMILES string of the molecule is CCN(CC(C)(C)O)C(=O)c1ccccc1OCc1c(C)noc1C. The number of carbonyl (C=O) groups excluding carboxylic acids is 1. The van der Waals surface area contributed by atoms with Gasteiger partial charge < -0.3 is 19.3 Å². The number of hydrogen-bond acceptors (Lipinski definition) is 5. The Hall–Kier alpha value is -2.34. The fraction of sp³-hybridized carbons (Fsp3) is 0.474. The second-order valence-corrected chi connectivity index (χ2v) is 6.72. The second kappa shape index (κ2) is 7.70. The Balaban J connectivity index is 2.20. The first-order valence-electron chi connectivity index (χ1n) is 8.38. The van der Waals surface area contributed by atoms with Gasteiger partial charge in [0.15, 0.2) is 0 Å². The molecule has 1 amide bonds. The minimum Gasteiger partial charge on any atom is -0.488 e. The third-order valence-electron chi connectivity index (χ3n) is 3.92. The molecule has 0 fully saturated rings. The fourth-order valence-corrected chi connectivity index (χ4v) is 2.59. The maximum Gasteiger partial charge on any atom is 0.257 e. The van der Waals surface area contributed by atoms with E-state index in [1.54, 1.807) is 36.9 Å². The normalized spacial score (nSPS) is 11.4. The van der Waals surface area contributed by atoms with E-state index in [2.05, 4.69) is 5.16 Å². The molecule has 0 aliphatic rings. The largest absolute Gasteiger partial charge is 0.488 e. The van der Waals surface area contributed by atoms with Crippen molar-refractivity contribution in [3.63, 3.8) is 0 Å². The van der Waals surface area contributed by atoms with Crippen LogP contribution in [0.4, 0.5) is 0 Å². The van der Waals surface area contributed by atoms with Crippen molar-refractivity contribution in [3.8, 4) is 5.75 Å². The van der Waals surface area contributed by atoms with Gasteiger partial charge in [-0.2, -0.15) is 0 Å².